The number of benzene rings is 1. The Labute approximate surface area is 134 Å². The second-order valence-electron chi connectivity index (χ2n) is 4.83. The normalized spacial score (nSPS) is 12.6. The van der Waals surface area contributed by atoms with Crippen molar-refractivity contribution in [3.8, 4) is 0 Å². The molecule has 0 spiro atoms. The number of nitrogens with one attached hydrogen (secondary N) is 1. The zero-order valence-corrected chi connectivity index (χ0v) is 14.0. The predicted octanol–water partition coefficient (Wildman–Crippen LogP) is 1.42. The highest BCUT2D eigenvalue weighted by molar-refractivity contribution is 8.00. The molecule has 0 heterocycles. The first-order valence-electron chi connectivity index (χ1n) is 6.65. The first kappa shape index (κ1) is 18.5. The molecule has 1 unspecified atom stereocenters. The minimum absolute atomic E-state index is 0.0136. The standard InChI is InChI=1S/C14H19NO5S2/c1-10(14(17)18)21-12-7-4-3-6-11(12)13(16)15-8-5-9-22(2,19)20/h3-4,6-7,10H,5,8-9H2,1-2H3,(H,15,16)(H,17,18). The lowest BCUT2D eigenvalue weighted by atomic mass is 10.2. The van der Waals surface area contributed by atoms with Crippen molar-refractivity contribution in [3.63, 3.8) is 0 Å². The van der Waals surface area contributed by atoms with Crippen LogP contribution in [0.1, 0.15) is 23.7 Å². The number of carboxylic acid groups (broad SMARTS) is 1. The Morgan fingerprint density at radius 2 is 1.95 bits per heavy atom. The molecule has 0 aromatic heterocycles. The summed E-state index contributed by atoms with van der Waals surface area (Å²) >= 11 is 1.09. The van der Waals surface area contributed by atoms with E-state index in [0.29, 0.717) is 16.9 Å². The first-order valence-corrected chi connectivity index (χ1v) is 9.59. The van der Waals surface area contributed by atoms with E-state index in [-0.39, 0.29) is 18.2 Å². The predicted molar refractivity (Wildman–Crippen MR) is 86.1 cm³/mol. The highest BCUT2D eigenvalue weighted by Crippen LogP contribution is 2.26. The highest BCUT2D eigenvalue weighted by Gasteiger charge is 2.17. The van der Waals surface area contributed by atoms with Gasteiger partial charge in [0.15, 0.2) is 0 Å². The van der Waals surface area contributed by atoms with Crippen molar-refractivity contribution in [2.45, 2.75) is 23.5 Å². The van der Waals surface area contributed by atoms with Crippen LogP contribution < -0.4 is 5.32 Å². The zero-order chi connectivity index (χ0) is 16.8. The van der Waals surface area contributed by atoms with Gasteiger partial charge < -0.3 is 10.4 Å². The van der Waals surface area contributed by atoms with E-state index >= 15 is 0 Å². The Morgan fingerprint density at radius 1 is 1.32 bits per heavy atom. The van der Waals surface area contributed by atoms with Crippen LogP contribution in [0.25, 0.3) is 0 Å². The summed E-state index contributed by atoms with van der Waals surface area (Å²) < 4.78 is 22.0. The van der Waals surface area contributed by atoms with Crippen LogP contribution in [0, 0.1) is 0 Å². The van der Waals surface area contributed by atoms with E-state index in [1.165, 1.54) is 0 Å². The molecule has 0 saturated heterocycles. The molecule has 1 amide bonds. The third-order valence-corrected chi connectivity index (χ3v) is 4.96. The number of sulfone groups is 1. The van der Waals surface area contributed by atoms with Crippen LogP contribution in [0.2, 0.25) is 0 Å². The number of carbonyl (C=O) groups excluding carboxylic acids is 1. The van der Waals surface area contributed by atoms with Crippen molar-refractivity contribution in [1.82, 2.24) is 5.32 Å². The molecular formula is C14H19NO5S2. The second-order valence-corrected chi connectivity index (χ2v) is 8.48. The van der Waals surface area contributed by atoms with Crippen molar-refractivity contribution in [3.05, 3.63) is 29.8 Å². The van der Waals surface area contributed by atoms with Crippen molar-refractivity contribution in [2.75, 3.05) is 18.6 Å². The minimum Gasteiger partial charge on any atom is -0.480 e. The fraction of sp³-hybridized carbons (Fsp3) is 0.429. The number of aliphatic carboxylic acids is 1. The molecule has 22 heavy (non-hydrogen) atoms. The number of carboxylic acids is 1. The molecule has 6 nitrogen and oxygen atoms in total. The molecule has 0 aliphatic rings. The van der Waals surface area contributed by atoms with Crippen LogP contribution in [0.5, 0.6) is 0 Å². The van der Waals surface area contributed by atoms with Crippen molar-refractivity contribution in [1.29, 1.82) is 0 Å². The second kappa shape index (κ2) is 8.19. The van der Waals surface area contributed by atoms with Gasteiger partial charge in [-0.3, -0.25) is 9.59 Å². The van der Waals surface area contributed by atoms with E-state index in [0.717, 1.165) is 18.0 Å². The molecule has 2 N–H and O–H groups in total. The lowest BCUT2D eigenvalue weighted by Crippen LogP contribution is -2.26. The molecule has 0 bridgehead atoms. The largest absolute Gasteiger partial charge is 0.480 e. The molecule has 0 radical (unpaired) electrons. The van der Waals surface area contributed by atoms with E-state index in [2.05, 4.69) is 5.32 Å². The van der Waals surface area contributed by atoms with Crippen LogP contribution in [-0.4, -0.2) is 49.2 Å². The molecule has 0 saturated carbocycles. The van der Waals surface area contributed by atoms with Gasteiger partial charge >= 0.3 is 5.97 Å². The van der Waals surface area contributed by atoms with Crippen LogP contribution in [0.4, 0.5) is 0 Å². The Kier molecular flexibility index (Phi) is 6.89. The first-order chi connectivity index (χ1) is 10.2. The van der Waals surface area contributed by atoms with Gasteiger partial charge in [0.1, 0.15) is 15.1 Å². The molecule has 1 aromatic rings. The van der Waals surface area contributed by atoms with Crippen LogP contribution in [-0.2, 0) is 14.6 Å². The van der Waals surface area contributed by atoms with Gasteiger partial charge in [0, 0.05) is 17.7 Å². The Hall–Kier alpha value is -1.54. The lowest BCUT2D eigenvalue weighted by Gasteiger charge is -2.11. The number of hydrogen-bond acceptors (Lipinski definition) is 5. The summed E-state index contributed by atoms with van der Waals surface area (Å²) in [5, 5.41) is 10.9. The average molecular weight is 345 g/mol. The maximum atomic E-state index is 12.1. The van der Waals surface area contributed by atoms with Gasteiger partial charge in [0.25, 0.3) is 5.91 Å². The summed E-state index contributed by atoms with van der Waals surface area (Å²) in [6, 6.07) is 6.73. The van der Waals surface area contributed by atoms with Crippen LogP contribution in [0.15, 0.2) is 29.2 Å². The van der Waals surface area contributed by atoms with E-state index in [1.807, 2.05) is 0 Å². The number of hydrogen-bond donors (Lipinski definition) is 2. The van der Waals surface area contributed by atoms with Crippen molar-refractivity contribution < 1.29 is 23.1 Å². The number of thioether (sulfide) groups is 1. The average Bonchev–Trinajstić information content (AvgIpc) is 2.42. The SMILES string of the molecule is CC(Sc1ccccc1C(=O)NCCCS(C)(=O)=O)C(=O)O. The van der Waals surface area contributed by atoms with Gasteiger partial charge in [-0.05, 0) is 25.5 Å². The molecule has 1 atom stereocenters. The number of carbonyl (C=O) groups is 2. The summed E-state index contributed by atoms with van der Waals surface area (Å²) in [6.07, 6.45) is 1.49. The quantitative estimate of drug-likeness (QED) is 0.546. The van der Waals surface area contributed by atoms with Crippen LogP contribution >= 0.6 is 11.8 Å². The molecule has 0 aliphatic carbocycles. The van der Waals surface area contributed by atoms with E-state index < -0.39 is 21.1 Å². The van der Waals surface area contributed by atoms with Gasteiger partial charge in [-0.1, -0.05) is 12.1 Å². The summed E-state index contributed by atoms with van der Waals surface area (Å²) in [6.45, 7) is 1.80. The monoisotopic (exact) mass is 345 g/mol. The van der Waals surface area contributed by atoms with E-state index in [9.17, 15) is 18.0 Å². The van der Waals surface area contributed by atoms with Crippen molar-refractivity contribution in [2.24, 2.45) is 0 Å². The Morgan fingerprint density at radius 3 is 2.55 bits per heavy atom. The lowest BCUT2D eigenvalue weighted by molar-refractivity contribution is -0.136. The number of amides is 1. The van der Waals surface area contributed by atoms with Gasteiger partial charge in [0.2, 0.25) is 0 Å². The molecule has 0 fully saturated rings. The summed E-state index contributed by atoms with van der Waals surface area (Å²) in [5.74, 6) is -1.28. The zero-order valence-electron chi connectivity index (χ0n) is 12.4. The Balaban J connectivity index is 2.67. The molecule has 1 rings (SSSR count). The summed E-state index contributed by atoms with van der Waals surface area (Å²) in [5.41, 5.74) is 0.389. The van der Waals surface area contributed by atoms with E-state index in [4.69, 9.17) is 5.11 Å². The van der Waals surface area contributed by atoms with Gasteiger partial charge in [-0.25, -0.2) is 8.42 Å². The maximum Gasteiger partial charge on any atom is 0.316 e. The fourth-order valence-electron chi connectivity index (χ4n) is 1.63. The minimum atomic E-state index is -3.04. The fourth-order valence-corrected chi connectivity index (χ4v) is 3.22. The van der Waals surface area contributed by atoms with Gasteiger partial charge in [0.05, 0.1) is 11.3 Å². The smallest absolute Gasteiger partial charge is 0.316 e. The maximum absolute atomic E-state index is 12.1. The Bertz CT molecular complexity index is 642. The molecular weight excluding hydrogens is 326 g/mol. The van der Waals surface area contributed by atoms with Crippen LogP contribution in [0.3, 0.4) is 0 Å². The molecule has 1 aromatic carbocycles. The molecule has 122 valence electrons. The summed E-state index contributed by atoms with van der Waals surface area (Å²) in [4.78, 5) is 23.6. The topological polar surface area (TPSA) is 101 Å². The van der Waals surface area contributed by atoms with Gasteiger partial charge in [-0.15, -0.1) is 11.8 Å². The number of rotatable bonds is 8. The van der Waals surface area contributed by atoms with Gasteiger partial charge in [-0.2, -0.15) is 0 Å². The summed E-state index contributed by atoms with van der Waals surface area (Å²) in [7, 11) is -3.04. The van der Waals surface area contributed by atoms with E-state index in [1.54, 1.807) is 31.2 Å². The highest BCUT2D eigenvalue weighted by atomic mass is 32.2. The molecule has 8 heteroatoms. The van der Waals surface area contributed by atoms with Crippen molar-refractivity contribution >= 4 is 33.5 Å². The molecule has 0 aliphatic heterocycles. The third kappa shape index (κ3) is 6.48. The third-order valence-electron chi connectivity index (χ3n) is 2.76.